The van der Waals surface area contributed by atoms with Crippen LogP contribution in [0.25, 0.3) is 10.9 Å². The van der Waals surface area contributed by atoms with Gasteiger partial charge in [0.25, 0.3) is 5.56 Å². The lowest BCUT2D eigenvalue weighted by molar-refractivity contribution is -0.134. The SMILES string of the molecule is C[C@@H]1CCC[C@H](C)N1C(=O)CSc1nc2ccccc2c(=O)n1C[C@@H]1CCCO1. The van der Waals surface area contributed by atoms with E-state index in [9.17, 15) is 9.59 Å². The second-order valence-corrected chi connectivity index (χ2v) is 9.12. The molecule has 156 valence electrons. The van der Waals surface area contributed by atoms with Crippen molar-refractivity contribution in [2.75, 3.05) is 12.4 Å². The minimum absolute atomic E-state index is 0.0350. The fourth-order valence-electron chi connectivity index (χ4n) is 4.52. The molecular weight excluding hydrogens is 386 g/mol. The quantitative estimate of drug-likeness (QED) is 0.553. The molecule has 3 heterocycles. The van der Waals surface area contributed by atoms with Crippen LogP contribution in [-0.2, 0) is 16.1 Å². The van der Waals surface area contributed by atoms with Gasteiger partial charge in [-0.3, -0.25) is 14.2 Å². The van der Waals surface area contributed by atoms with Crippen molar-refractivity contribution in [1.82, 2.24) is 14.5 Å². The second kappa shape index (κ2) is 8.88. The van der Waals surface area contributed by atoms with Crippen LogP contribution in [0.4, 0.5) is 0 Å². The van der Waals surface area contributed by atoms with E-state index >= 15 is 0 Å². The van der Waals surface area contributed by atoms with Crippen LogP contribution in [0, 0.1) is 0 Å². The van der Waals surface area contributed by atoms with Gasteiger partial charge in [-0.05, 0) is 58.1 Å². The number of nitrogens with zero attached hydrogens (tertiary/aromatic N) is 3. The molecule has 0 unspecified atom stereocenters. The van der Waals surface area contributed by atoms with Gasteiger partial charge >= 0.3 is 0 Å². The molecule has 0 aliphatic carbocycles. The van der Waals surface area contributed by atoms with Gasteiger partial charge in [-0.25, -0.2) is 4.98 Å². The lowest BCUT2D eigenvalue weighted by Gasteiger charge is -2.39. The number of carbonyl (C=O) groups excluding carboxylic acids is 1. The summed E-state index contributed by atoms with van der Waals surface area (Å²) in [6.07, 6.45) is 5.29. The molecule has 0 saturated carbocycles. The molecule has 29 heavy (non-hydrogen) atoms. The molecule has 7 heteroatoms. The minimum Gasteiger partial charge on any atom is -0.376 e. The number of ether oxygens (including phenoxy) is 1. The van der Waals surface area contributed by atoms with Crippen molar-refractivity contribution in [3.8, 4) is 0 Å². The number of benzene rings is 1. The van der Waals surface area contributed by atoms with Gasteiger partial charge in [0.15, 0.2) is 5.16 Å². The van der Waals surface area contributed by atoms with Crippen molar-refractivity contribution in [1.29, 1.82) is 0 Å². The van der Waals surface area contributed by atoms with E-state index in [0.29, 0.717) is 28.4 Å². The topological polar surface area (TPSA) is 64.4 Å². The first-order chi connectivity index (χ1) is 14.0. The van der Waals surface area contributed by atoms with Gasteiger partial charge in [-0.2, -0.15) is 0 Å². The Kier molecular flexibility index (Phi) is 6.25. The molecule has 2 aliphatic rings. The highest BCUT2D eigenvalue weighted by Crippen LogP contribution is 2.26. The Hall–Kier alpha value is -1.86. The van der Waals surface area contributed by atoms with Crippen LogP contribution >= 0.6 is 11.8 Å². The van der Waals surface area contributed by atoms with Gasteiger partial charge in [-0.1, -0.05) is 23.9 Å². The number of carbonyl (C=O) groups is 1. The normalized spacial score (nSPS) is 24.9. The molecule has 2 aliphatic heterocycles. The fourth-order valence-corrected chi connectivity index (χ4v) is 5.40. The number of likely N-dealkylation sites (tertiary alicyclic amines) is 1. The Morgan fingerprint density at radius 2 is 1.93 bits per heavy atom. The third kappa shape index (κ3) is 4.36. The van der Waals surface area contributed by atoms with Gasteiger partial charge in [0, 0.05) is 18.7 Å². The average molecular weight is 416 g/mol. The molecule has 1 aromatic carbocycles. The highest BCUT2D eigenvalue weighted by molar-refractivity contribution is 7.99. The zero-order valence-corrected chi connectivity index (χ0v) is 18.0. The van der Waals surface area contributed by atoms with Gasteiger partial charge < -0.3 is 9.64 Å². The molecule has 1 aromatic heterocycles. The van der Waals surface area contributed by atoms with E-state index in [2.05, 4.69) is 13.8 Å². The number of rotatable bonds is 5. The van der Waals surface area contributed by atoms with E-state index < -0.39 is 0 Å². The van der Waals surface area contributed by atoms with Crippen LogP contribution in [0.3, 0.4) is 0 Å². The monoisotopic (exact) mass is 415 g/mol. The summed E-state index contributed by atoms with van der Waals surface area (Å²) in [6.45, 7) is 5.48. The van der Waals surface area contributed by atoms with E-state index in [4.69, 9.17) is 9.72 Å². The fraction of sp³-hybridized carbons (Fsp3) is 0.591. The van der Waals surface area contributed by atoms with Crippen LogP contribution in [0.2, 0.25) is 0 Å². The van der Waals surface area contributed by atoms with Crippen molar-refractivity contribution in [3.05, 3.63) is 34.6 Å². The molecule has 6 nitrogen and oxygen atoms in total. The zero-order chi connectivity index (χ0) is 20.4. The smallest absolute Gasteiger partial charge is 0.262 e. The van der Waals surface area contributed by atoms with E-state index in [1.807, 2.05) is 29.2 Å². The Balaban J connectivity index is 1.59. The molecule has 3 atom stereocenters. The summed E-state index contributed by atoms with van der Waals surface area (Å²) in [5, 5.41) is 1.22. The van der Waals surface area contributed by atoms with E-state index in [1.54, 1.807) is 4.57 Å². The van der Waals surface area contributed by atoms with Crippen LogP contribution < -0.4 is 5.56 Å². The number of hydrogen-bond acceptors (Lipinski definition) is 5. The van der Waals surface area contributed by atoms with Crippen LogP contribution in [0.5, 0.6) is 0 Å². The lowest BCUT2D eigenvalue weighted by Crippen LogP contribution is -2.48. The van der Waals surface area contributed by atoms with E-state index in [-0.39, 0.29) is 29.7 Å². The summed E-state index contributed by atoms with van der Waals surface area (Å²) in [5.41, 5.74) is 0.622. The third-order valence-corrected chi connectivity index (χ3v) is 7.00. The maximum Gasteiger partial charge on any atom is 0.262 e. The summed E-state index contributed by atoms with van der Waals surface area (Å²) in [6, 6.07) is 7.95. The Labute approximate surface area is 175 Å². The van der Waals surface area contributed by atoms with Crippen molar-refractivity contribution in [3.63, 3.8) is 0 Å². The summed E-state index contributed by atoms with van der Waals surface area (Å²) >= 11 is 1.37. The number of piperidine rings is 1. The maximum atomic E-state index is 13.1. The third-order valence-electron chi connectivity index (χ3n) is 6.04. The average Bonchev–Trinajstić information content (AvgIpc) is 3.22. The van der Waals surface area contributed by atoms with Crippen molar-refractivity contribution in [2.24, 2.45) is 0 Å². The highest BCUT2D eigenvalue weighted by Gasteiger charge is 2.29. The molecule has 0 spiro atoms. The van der Waals surface area contributed by atoms with Gasteiger partial charge in [-0.15, -0.1) is 0 Å². The van der Waals surface area contributed by atoms with Crippen LogP contribution in [0.15, 0.2) is 34.2 Å². The first-order valence-electron chi connectivity index (χ1n) is 10.6. The molecule has 2 aromatic rings. The summed E-state index contributed by atoms with van der Waals surface area (Å²) in [7, 11) is 0. The number of aromatic nitrogens is 2. The minimum atomic E-state index is -0.0549. The molecule has 1 amide bonds. The molecule has 0 N–H and O–H groups in total. The summed E-state index contributed by atoms with van der Waals surface area (Å²) in [5.74, 6) is 0.422. The number of thioether (sulfide) groups is 1. The van der Waals surface area contributed by atoms with Gasteiger partial charge in [0.2, 0.25) is 5.91 Å². The van der Waals surface area contributed by atoms with E-state index in [1.165, 1.54) is 18.2 Å². The molecule has 0 bridgehead atoms. The molecule has 0 radical (unpaired) electrons. The predicted molar refractivity (Wildman–Crippen MR) is 115 cm³/mol. The number of para-hydroxylation sites is 1. The first kappa shape index (κ1) is 20.4. The van der Waals surface area contributed by atoms with E-state index in [0.717, 1.165) is 32.3 Å². The first-order valence-corrected chi connectivity index (χ1v) is 11.6. The molecular formula is C22H29N3O3S. The highest BCUT2D eigenvalue weighted by atomic mass is 32.2. The standard InChI is InChI=1S/C22H29N3O3S/c1-15-7-5-8-16(2)25(15)20(26)14-29-22-23-19-11-4-3-10-18(19)21(27)24(22)13-17-9-6-12-28-17/h3-4,10-11,15-17H,5-9,12-14H2,1-2H3/t15-,16+,17-/m0/s1. The lowest BCUT2D eigenvalue weighted by atomic mass is 9.98. The number of fused-ring (bicyclic) bond motifs is 1. The van der Waals surface area contributed by atoms with Crippen LogP contribution in [0.1, 0.15) is 46.0 Å². The zero-order valence-electron chi connectivity index (χ0n) is 17.2. The number of hydrogen-bond donors (Lipinski definition) is 0. The molecule has 4 rings (SSSR count). The largest absolute Gasteiger partial charge is 0.376 e. The van der Waals surface area contributed by atoms with Crippen LogP contribution in [-0.4, -0.2) is 50.9 Å². The van der Waals surface area contributed by atoms with Crippen molar-refractivity contribution in [2.45, 2.75) is 75.8 Å². The maximum absolute atomic E-state index is 13.1. The molecule has 2 saturated heterocycles. The Bertz CT molecular complexity index is 929. The Morgan fingerprint density at radius 3 is 2.66 bits per heavy atom. The summed E-state index contributed by atoms with van der Waals surface area (Å²) in [4.78, 5) is 32.9. The van der Waals surface area contributed by atoms with Gasteiger partial charge in [0.05, 0.1) is 29.3 Å². The second-order valence-electron chi connectivity index (χ2n) is 8.18. The summed E-state index contributed by atoms with van der Waals surface area (Å²) < 4.78 is 7.46. The number of amides is 1. The van der Waals surface area contributed by atoms with Crippen molar-refractivity contribution >= 4 is 28.6 Å². The molecule has 2 fully saturated rings. The van der Waals surface area contributed by atoms with Crippen molar-refractivity contribution < 1.29 is 9.53 Å². The predicted octanol–water partition coefficient (Wildman–Crippen LogP) is 3.46. The van der Waals surface area contributed by atoms with Gasteiger partial charge in [0.1, 0.15) is 0 Å². The Morgan fingerprint density at radius 1 is 1.17 bits per heavy atom.